The van der Waals surface area contributed by atoms with Gasteiger partial charge in [-0.25, -0.2) is 0 Å². The third kappa shape index (κ3) is 4.35. The fourth-order valence-corrected chi connectivity index (χ4v) is 3.40. The molecule has 0 radical (unpaired) electrons. The number of carbonyl (C=O) groups is 1. The molecule has 1 N–H and O–H groups in total. The van der Waals surface area contributed by atoms with Crippen molar-refractivity contribution < 1.29 is 9.53 Å². The predicted octanol–water partition coefficient (Wildman–Crippen LogP) is 4.86. The Balaban J connectivity index is 1.63. The third-order valence-corrected chi connectivity index (χ3v) is 5.05. The highest BCUT2D eigenvalue weighted by atomic mass is 35.5. The molecule has 3 rings (SSSR count). The van der Waals surface area contributed by atoms with Crippen LogP contribution in [-0.2, 0) is 17.6 Å². The smallest absolute Gasteiger partial charge is 0.261 e. The number of hydrogen-bond acceptors (Lipinski definition) is 2. The largest absolute Gasteiger partial charge is 0.479 e. The van der Waals surface area contributed by atoms with Gasteiger partial charge in [-0.2, -0.15) is 0 Å². The van der Waals surface area contributed by atoms with Gasteiger partial charge < -0.3 is 10.1 Å². The van der Waals surface area contributed by atoms with Crippen molar-refractivity contribution in [2.75, 3.05) is 0 Å². The molecule has 0 saturated carbocycles. The fourth-order valence-electron chi connectivity index (χ4n) is 3.22. The van der Waals surface area contributed by atoms with Gasteiger partial charge in [-0.15, -0.1) is 0 Å². The molecule has 25 heavy (non-hydrogen) atoms. The van der Waals surface area contributed by atoms with Gasteiger partial charge in [0, 0.05) is 0 Å². The number of nitrogens with one attached hydrogen (secondary N) is 1. The lowest BCUT2D eigenvalue weighted by molar-refractivity contribution is -0.127. The van der Waals surface area contributed by atoms with Gasteiger partial charge in [0.05, 0.1) is 11.1 Å². The minimum atomic E-state index is -0.611. The number of halogens is 1. The molecular formula is C21H24ClNO2. The molecule has 132 valence electrons. The highest BCUT2D eigenvalue weighted by molar-refractivity contribution is 6.32. The normalized spacial score (nSPS) is 15.8. The predicted molar refractivity (Wildman–Crippen MR) is 101 cm³/mol. The Kier molecular flexibility index (Phi) is 5.64. The van der Waals surface area contributed by atoms with Crippen molar-refractivity contribution in [2.45, 2.75) is 51.7 Å². The van der Waals surface area contributed by atoms with E-state index in [1.165, 1.54) is 30.4 Å². The van der Waals surface area contributed by atoms with Crippen molar-refractivity contribution in [3.05, 3.63) is 64.2 Å². The van der Waals surface area contributed by atoms with E-state index in [0.29, 0.717) is 10.8 Å². The summed E-state index contributed by atoms with van der Waals surface area (Å²) in [5.74, 6) is 0.374. The number of para-hydroxylation sites is 1. The molecule has 0 bridgehead atoms. The van der Waals surface area contributed by atoms with Crippen molar-refractivity contribution in [3.63, 3.8) is 0 Å². The lowest BCUT2D eigenvalue weighted by Crippen LogP contribution is -2.37. The van der Waals surface area contributed by atoms with Gasteiger partial charge in [0.25, 0.3) is 5.91 Å². The van der Waals surface area contributed by atoms with Gasteiger partial charge in [0.2, 0.25) is 0 Å². The second-order valence-electron chi connectivity index (χ2n) is 6.66. The molecule has 0 unspecified atom stereocenters. The number of fused-ring (bicyclic) bond motifs is 1. The van der Waals surface area contributed by atoms with Crippen LogP contribution in [-0.4, -0.2) is 12.0 Å². The van der Waals surface area contributed by atoms with Crippen LogP contribution in [0, 0.1) is 0 Å². The van der Waals surface area contributed by atoms with Crippen LogP contribution in [0.4, 0.5) is 0 Å². The second-order valence-corrected chi connectivity index (χ2v) is 7.06. The molecule has 0 saturated heterocycles. The van der Waals surface area contributed by atoms with Crippen LogP contribution in [0.15, 0.2) is 42.5 Å². The standard InChI is InChI=1S/C21H24ClNO2/c1-14(17-12-11-16-7-3-4-8-18(16)13-17)23-21(24)15(2)25-20-10-6-5-9-19(20)22/h5-6,9-15H,3-4,7-8H2,1-2H3,(H,23,24)/t14-,15-/m0/s1. The quantitative estimate of drug-likeness (QED) is 0.829. The van der Waals surface area contributed by atoms with Crippen LogP contribution < -0.4 is 10.1 Å². The van der Waals surface area contributed by atoms with Crippen LogP contribution in [0.1, 0.15) is 49.4 Å². The van der Waals surface area contributed by atoms with Crippen molar-refractivity contribution in [2.24, 2.45) is 0 Å². The summed E-state index contributed by atoms with van der Waals surface area (Å²) in [6.07, 6.45) is 4.21. The zero-order valence-electron chi connectivity index (χ0n) is 14.7. The maximum Gasteiger partial charge on any atom is 0.261 e. The van der Waals surface area contributed by atoms with E-state index in [0.717, 1.165) is 12.0 Å². The van der Waals surface area contributed by atoms with Gasteiger partial charge in [-0.1, -0.05) is 41.9 Å². The molecule has 2 aromatic rings. The molecule has 1 amide bonds. The highest BCUT2D eigenvalue weighted by Gasteiger charge is 2.19. The third-order valence-electron chi connectivity index (χ3n) is 4.74. The summed E-state index contributed by atoms with van der Waals surface area (Å²) in [7, 11) is 0. The van der Waals surface area contributed by atoms with Crippen molar-refractivity contribution in [3.8, 4) is 5.75 Å². The first-order valence-electron chi connectivity index (χ1n) is 8.88. The zero-order chi connectivity index (χ0) is 17.8. The first-order chi connectivity index (χ1) is 12.0. The average molecular weight is 358 g/mol. The van der Waals surface area contributed by atoms with Crippen LogP contribution in [0.5, 0.6) is 5.75 Å². The van der Waals surface area contributed by atoms with Crippen molar-refractivity contribution in [1.29, 1.82) is 0 Å². The average Bonchev–Trinajstić information content (AvgIpc) is 2.63. The maximum absolute atomic E-state index is 12.5. The molecule has 2 aromatic carbocycles. The summed E-state index contributed by atoms with van der Waals surface area (Å²) in [6.45, 7) is 3.74. The van der Waals surface area contributed by atoms with E-state index in [9.17, 15) is 4.79 Å². The number of aryl methyl sites for hydroxylation is 2. The first-order valence-corrected chi connectivity index (χ1v) is 9.25. The maximum atomic E-state index is 12.5. The second kappa shape index (κ2) is 7.92. The molecule has 4 heteroatoms. The van der Waals surface area contributed by atoms with E-state index < -0.39 is 6.10 Å². The molecule has 3 nitrogen and oxygen atoms in total. The minimum Gasteiger partial charge on any atom is -0.479 e. The summed E-state index contributed by atoms with van der Waals surface area (Å²) >= 11 is 6.09. The number of amides is 1. The summed E-state index contributed by atoms with van der Waals surface area (Å²) in [5, 5.41) is 3.54. The lowest BCUT2D eigenvalue weighted by atomic mass is 9.89. The van der Waals surface area contributed by atoms with Crippen LogP contribution in [0.3, 0.4) is 0 Å². The van der Waals surface area contributed by atoms with Crippen LogP contribution in [0.25, 0.3) is 0 Å². The molecule has 1 aliphatic carbocycles. The molecule has 0 aliphatic heterocycles. The summed E-state index contributed by atoms with van der Waals surface area (Å²) in [6, 6.07) is 13.7. The van der Waals surface area contributed by atoms with E-state index in [4.69, 9.17) is 16.3 Å². The topological polar surface area (TPSA) is 38.3 Å². The number of benzene rings is 2. The number of hydrogen-bond donors (Lipinski definition) is 1. The zero-order valence-corrected chi connectivity index (χ0v) is 15.5. The Hall–Kier alpha value is -2.00. The Morgan fingerprint density at radius 3 is 2.56 bits per heavy atom. The monoisotopic (exact) mass is 357 g/mol. The van der Waals surface area contributed by atoms with E-state index in [1.807, 2.05) is 19.1 Å². The van der Waals surface area contributed by atoms with Gasteiger partial charge in [0.1, 0.15) is 5.75 Å². The van der Waals surface area contributed by atoms with Gasteiger partial charge in [-0.3, -0.25) is 4.79 Å². The fraction of sp³-hybridized carbons (Fsp3) is 0.381. The van der Waals surface area contributed by atoms with E-state index in [-0.39, 0.29) is 11.9 Å². The molecule has 0 aromatic heterocycles. The van der Waals surface area contributed by atoms with Crippen molar-refractivity contribution in [1.82, 2.24) is 5.32 Å². The van der Waals surface area contributed by atoms with Crippen LogP contribution >= 0.6 is 11.6 Å². The minimum absolute atomic E-state index is 0.0583. The Morgan fingerprint density at radius 2 is 1.80 bits per heavy atom. The Morgan fingerprint density at radius 1 is 1.08 bits per heavy atom. The van der Waals surface area contributed by atoms with Gasteiger partial charge in [0.15, 0.2) is 6.10 Å². The van der Waals surface area contributed by atoms with Crippen molar-refractivity contribution >= 4 is 17.5 Å². The van der Waals surface area contributed by atoms with E-state index in [2.05, 4.69) is 23.5 Å². The molecule has 0 fully saturated rings. The van der Waals surface area contributed by atoms with E-state index >= 15 is 0 Å². The summed E-state index contributed by atoms with van der Waals surface area (Å²) in [5.41, 5.74) is 4.01. The van der Waals surface area contributed by atoms with Gasteiger partial charge in [-0.05, 0) is 68.4 Å². The Bertz CT molecular complexity index is 759. The molecular weight excluding hydrogens is 334 g/mol. The number of rotatable bonds is 5. The summed E-state index contributed by atoms with van der Waals surface area (Å²) < 4.78 is 5.69. The lowest BCUT2D eigenvalue weighted by Gasteiger charge is -2.22. The SMILES string of the molecule is C[C@H](Oc1ccccc1Cl)C(=O)N[C@@H](C)c1ccc2c(c1)CCCC2. The molecule has 0 heterocycles. The number of carbonyl (C=O) groups excluding carboxylic acids is 1. The highest BCUT2D eigenvalue weighted by Crippen LogP contribution is 2.26. The van der Waals surface area contributed by atoms with E-state index in [1.54, 1.807) is 19.1 Å². The summed E-state index contributed by atoms with van der Waals surface area (Å²) in [4.78, 5) is 12.5. The molecule has 2 atom stereocenters. The van der Waals surface area contributed by atoms with Crippen LogP contribution in [0.2, 0.25) is 5.02 Å². The first kappa shape index (κ1) is 17.8. The number of ether oxygens (including phenoxy) is 1. The molecule has 0 spiro atoms. The van der Waals surface area contributed by atoms with Gasteiger partial charge >= 0.3 is 0 Å². The molecule has 1 aliphatic rings. The Labute approximate surface area is 154 Å².